The standard InChI is InChI=1S/C22H20N4/c1-15-5-3-8-22(24-15)26-21-11-16(9-10-17(21)12-23-26)19-7-4-6-18-13-25(2)14-20(18)19/h3-12H,13-14H2,1-2H3. The number of aromatic nitrogens is 3. The Morgan fingerprint density at radius 2 is 1.85 bits per heavy atom. The van der Waals surface area contributed by atoms with Crippen molar-refractivity contribution >= 4 is 10.9 Å². The molecular formula is C22H20N4. The molecule has 0 radical (unpaired) electrons. The van der Waals surface area contributed by atoms with Gasteiger partial charge in [0.15, 0.2) is 5.82 Å². The van der Waals surface area contributed by atoms with Crippen LogP contribution in [0.25, 0.3) is 27.8 Å². The van der Waals surface area contributed by atoms with Gasteiger partial charge in [0.25, 0.3) is 0 Å². The summed E-state index contributed by atoms with van der Waals surface area (Å²) in [5.74, 6) is 0.857. The van der Waals surface area contributed by atoms with Crippen molar-refractivity contribution in [2.45, 2.75) is 20.0 Å². The smallest absolute Gasteiger partial charge is 0.154 e. The van der Waals surface area contributed by atoms with Gasteiger partial charge in [-0.3, -0.25) is 4.90 Å². The second-order valence-electron chi connectivity index (χ2n) is 7.08. The van der Waals surface area contributed by atoms with Gasteiger partial charge in [-0.05, 0) is 54.4 Å². The molecule has 2 aromatic heterocycles. The van der Waals surface area contributed by atoms with Crippen LogP contribution in [-0.2, 0) is 13.1 Å². The predicted octanol–water partition coefficient (Wildman–Crippen LogP) is 4.34. The molecule has 4 heteroatoms. The molecule has 128 valence electrons. The fourth-order valence-electron chi connectivity index (χ4n) is 3.87. The minimum Gasteiger partial charge on any atom is -0.298 e. The van der Waals surface area contributed by atoms with E-state index in [4.69, 9.17) is 0 Å². The van der Waals surface area contributed by atoms with Gasteiger partial charge >= 0.3 is 0 Å². The number of hydrogen-bond acceptors (Lipinski definition) is 3. The summed E-state index contributed by atoms with van der Waals surface area (Å²) in [6.07, 6.45) is 1.91. The molecule has 0 unspecified atom stereocenters. The highest BCUT2D eigenvalue weighted by molar-refractivity contribution is 5.86. The normalized spacial score (nSPS) is 14.1. The molecular weight excluding hydrogens is 320 g/mol. The molecule has 0 atom stereocenters. The maximum absolute atomic E-state index is 4.63. The monoisotopic (exact) mass is 340 g/mol. The SMILES string of the molecule is Cc1cccc(-n2ncc3ccc(-c4cccc5c4CN(C)C5)cc32)n1. The third-order valence-corrected chi connectivity index (χ3v) is 5.11. The van der Waals surface area contributed by atoms with E-state index in [0.717, 1.165) is 35.5 Å². The summed E-state index contributed by atoms with van der Waals surface area (Å²) in [6.45, 7) is 4.03. The molecule has 0 saturated heterocycles. The van der Waals surface area contributed by atoms with E-state index >= 15 is 0 Å². The van der Waals surface area contributed by atoms with Crippen LogP contribution in [-0.4, -0.2) is 26.7 Å². The molecule has 2 aromatic carbocycles. The molecule has 0 spiro atoms. The Labute approximate surface area is 152 Å². The Hall–Kier alpha value is -2.98. The Kier molecular flexibility index (Phi) is 3.40. The highest BCUT2D eigenvalue weighted by atomic mass is 15.3. The van der Waals surface area contributed by atoms with Crippen LogP contribution < -0.4 is 0 Å². The van der Waals surface area contributed by atoms with Crippen molar-refractivity contribution in [2.75, 3.05) is 7.05 Å². The van der Waals surface area contributed by atoms with Crippen LogP contribution in [0.1, 0.15) is 16.8 Å². The zero-order valence-corrected chi connectivity index (χ0v) is 15.0. The first-order chi connectivity index (χ1) is 12.7. The third-order valence-electron chi connectivity index (χ3n) is 5.11. The van der Waals surface area contributed by atoms with Gasteiger partial charge in [-0.15, -0.1) is 0 Å². The molecule has 3 heterocycles. The summed E-state index contributed by atoms with van der Waals surface area (Å²) in [4.78, 5) is 6.98. The Morgan fingerprint density at radius 3 is 2.73 bits per heavy atom. The topological polar surface area (TPSA) is 34.0 Å². The van der Waals surface area contributed by atoms with Gasteiger partial charge in [0.2, 0.25) is 0 Å². The summed E-state index contributed by atoms with van der Waals surface area (Å²) < 4.78 is 1.93. The second kappa shape index (κ2) is 5.78. The molecule has 1 aliphatic rings. The second-order valence-corrected chi connectivity index (χ2v) is 7.08. The minimum atomic E-state index is 0.857. The highest BCUT2D eigenvalue weighted by Crippen LogP contribution is 2.33. The summed E-state index contributed by atoms with van der Waals surface area (Å²) >= 11 is 0. The molecule has 0 aliphatic carbocycles. The summed E-state index contributed by atoms with van der Waals surface area (Å²) in [7, 11) is 2.17. The lowest BCUT2D eigenvalue weighted by Gasteiger charge is -2.10. The van der Waals surface area contributed by atoms with E-state index in [1.807, 2.05) is 36.0 Å². The van der Waals surface area contributed by atoms with Gasteiger partial charge in [0.1, 0.15) is 0 Å². The Morgan fingerprint density at radius 1 is 0.962 bits per heavy atom. The molecule has 0 fully saturated rings. The van der Waals surface area contributed by atoms with Crippen LogP contribution in [0.4, 0.5) is 0 Å². The Balaban J connectivity index is 1.68. The van der Waals surface area contributed by atoms with Gasteiger partial charge in [-0.1, -0.05) is 36.4 Å². The summed E-state index contributed by atoms with van der Waals surface area (Å²) in [5, 5.41) is 5.70. The zero-order valence-electron chi connectivity index (χ0n) is 15.0. The molecule has 0 bridgehead atoms. The minimum absolute atomic E-state index is 0.857. The first-order valence-corrected chi connectivity index (χ1v) is 8.90. The molecule has 26 heavy (non-hydrogen) atoms. The van der Waals surface area contributed by atoms with Crippen LogP contribution in [0.15, 0.2) is 60.8 Å². The van der Waals surface area contributed by atoms with Gasteiger partial charge in [0, 0.05) is 24.2 Å². The van der Waals surface area contributed by atoms with Crippen molar-refractivity contribution in [2.24, 2.45) is 0 Å². The molecule has 4 nitrogen and oxygen atoms in total. The maximum Gasteiger partial charge on any atom is 0.154 e. The number of nitrogens with zero attached hydrogens (tertiary/aromatic N) is 4. The van der Waals surface area contributed by atoms with Gasteiger partial charge in [0.05, 0.1) is 11.7 Å². The number of benzene rings is 2. The van der Waals surface area contributed by atoms with Crippen LogP contribution in [0.3, 0.4) is 0 Å². The average Bonchev–Trinajstić information content (AvgIpc) is 3.23. The highest BCUT2D eigenvalue weighted by Gasteiger charge is 2.19. The van der Waals surface area contributed by atoms with Crippen molar-refractivity contribution in [3.8, 4) is 16.9 Å². The quantitative estimate of drug-likeness (QED) is 0.544. The van der Waals surface area contributed by atoms with Crippen molar-refractivity contribution in [3.63, 3.8) is 0 Å². The Bertz CT molecular complexity index is 1130. The number of hydrogen-bond donors (Lipinski definition) is 0. The fourth-order valence-corrected chi connectivity index (χ4v) is 3.87. The lowest BCUT2D eigenvalue weighted by Crippen LogP contribution is -2.07. The molecule has 5 rings (SSSR count). The summed E-state index contributed by atoms with van der Waals surface area (Å²) in [5.41, 5.74) is 7.50. The third kappa shape index (κ3) is 2.42. The fraction of sp³-hybridized carbons (Fsp3) is 0.182. The summed E-state index contributed by atoms with van der Waals surface area (Å²) in [6, 6.07) is 19.2. The van der Waals surface area contributed by atoms with E-state index in [1.54, 1.807) is 0 Å². The maximum atomic E-state index is 4.63. The van der Waals surface area contributed by atoms with Crippen LogP contribution in [0.5, 0.6) is 0 Å². The first kappa shape index (κ1) is 15.3. The van der Waals surface area contributed by atoms with Gasteiger partial charge in [-0.2, -0.15) is 5.10 Å². The van der Waals surface area contributed by atoms with E-state index < -0.39 is 0 Å². The molecule has 0 amide bonds. The predicted molar refractivity (Wildman–Crippen MR) is 104 cm³/mol. The average molecular weight is 340 g/mol. The van der Waals surface area contributed by atoms with Crippen molar-refractivity contribution in [1.29, 1.82) is 0 Å². The zero-order chi connectivity index (χ0) is 17.7. The van der Waals surface area contributed by atoms with E-state index in [2.05, 4.69) is 58.4 Å². The molecule has 0 N–H and O–H groups in total. The number of pyridine rings is 1. The lowest BCUT2D eigenvalue weighted by molar-refractivity contribution is 0.353. The number of fused-ring (bicyclic) bond motifs is 2. The molecule has 4 aromatic rings. The van der Waals surface area contributed by atoms with Gasteiger partial charge < -0.3 is 0 Å². The molecule has 0 saturated carbocycles. The van der Waals surface area contributed by atoms with Crippen LogP contribution in [0, 0.1) is 6.92 Å². The van der Waals surface area contributed by atoms with E-state index in [9.17, 15) is 0 Å². The van der Waals surface area contributed by atoms with Gasteiger partial charge in [-0.25, -0.2) is 9.67 Å². The number of aryl methyl sites for hydroxylation is 1. The van der Waals surface area contributed by atoms with Crippen molar-refractivity contribution in [3.05, 3.63) is 77.6 Å². The lowest BCUT2D eigenvalue weighted by atomic mass is 9.96. The van der Waals surface area contributed by atoms with E-state index in [-0.39, 0.29) is 0 Å². The van der Waals surface area contributed by atoms with E-state index in [1.165, 1.54) is 22.3 Å². The number of rotatable bonds is 2. The van der Waals surface area contributed by atoms with Crippen molar-refractivity contribution < 1.29 is 0 Å². The van der Waals surface area contributed by atoms with Crippen LogP contribution >= 0.6 is 0 Å². The van der Waals surface area contributed by atoms with E-state index in [0.29, 0.717) is 0 Å². The molecule has 1 aliphatic heterocycles. The van der Waals surface area contributed by atoms with Crippen LogP contribution in [0.2, 0.25) is 0 Å². The first-order valence-electron chi connectivity index (χ1n) is 8.90. The largest absolute Gasteiger partial charge is 0.298 e. The van der Waals surface area contributed by atoms with Crippen molar-refractivity contribution in [1.82, 2.24) is 19.7 Å².